The van der Waals surface area contributed by atoms with Gasteiger partial charge in [0.15, 0.2) is 5.65 Å². The van der Waals surface area contributed by atoms with Crippen LogP contribution >= 0.6 is 0 Å². The van der Waals surface area contributed by atoms with E-state index in [-0.39, 0.29) is 24.4 Å². The minimum absolute atomic E-state index is 0.273. The first-order chi connectivity index (χ1) is 15.5. The van der Waals surface area contributed by atoms with Gasteiger partial charge in [-0.1, -0.05) is 27.7 Å². The van der Waals surface area contributed by atoms with Crippen LogP contribution in [0.2, 0.25) is 0 Å². The van der Waals surface area contributed by atoms with Crippen molar-refractivity contribution in [2.75, 3.05) is 32.5 Å². The number of carbonyl (C=O) groups excluding carboxylic acids is 1. The topological polar surface area (TPSA) is 83.8 Å². The number of ether oxygens (including phenoxy) is 1. The Morgan fingerprint density at radius 3 is 2.66 bits per heavy atom. The van der Waals surface area contributed by atoms with Gasteiger partial charge < -0.3 is 20.3 Å². The highest BCUT2D eigenvalue weighted by atomic mass is 19.1. The van der Waals surface area contributed by atoms with Crippen molar-refractivity contribution in [3.05, 3.63) is 53.6 Å². The van der Waals surface area contributed by atoms with Crippen LogP contribution in [0.1, 0.15) is 43.6 Å². The molecular weight excluding hydrogens is 411 g/mol. The molecule has 8 nitrogen and oxygen atoms in total. The minimum Gasteiger partial charge on any atom is -0.487 e. The number of anilines is 1. The van der Waals surface area contributed by atoms with Crippen LogP contribution < -0.4 is 15.4 Å². The monoisotopic (exact) mass is 444 g/mol. The molecule has 1 unspecified atom stereocenters. The van der Waals surface area contributed by atoms with Crippen LogP contribution in [0.4, 0.5) is 10.2 Å². The van der Waals surface area contributed by atoms with E-state index in [0.29, 0.717) is 41.4 Å². The normalized spacial score (nSPS) is 15.4. The molecule has 9 heteroatoms. The predicted octanol–water partition coefficient (Wildman–Crippen LogP) is 3.59. The summed E-state index contributed by atoms with van der Waals surface area (Å²) in [6.07, 6.45) is 2.90. The van der Waals surface area contributed by atoms with Gasteiger partial charge >= 0.3 is 0 Å². The van der Waals surface area contributed by atoms with Gasteiger partial charge in [0.05, 0.1) is 12.7 Å². The third-order valence-corrected chi connectivity index (χ3v) is 4.45. The molecule has 174 valence electrons. The number of carbonyl (C=O) groups is 1. The molecule has 2 bridgehead atoms. The maximum absolute atomic E-state index is 13.8. The number of rotatable bonds is 2. The van der Waals surface area contributed by atoms with Crippen LogP contribution in [0.5, 0.6) is 5.75 Å². The third-order valence-electron chi connectivity index (χ3n) is 4.45. The highest BCUT2D eigenvalue weighted by molar-refractivity contribution is 5.99. The molecule has 0 fully saturated rings. The molecule has 3 heterocycles. The summed E-state index contributed by atoms with van der Waals surface area (Å²) in [5.41, 5.74) is 1.51. The van der Waals surface area contributed by atoms with E-state index in [1.807, 2.05) is 46.7 Å². The summed E-state index contributed by atoms with van der Waals surface area (Å²) in [6.45, 7) is 9.20. The molecule has 0 saturated heterocycles. The molecule has 1 aliphatic heterocycles. The number of nitrogens with one attached hydrogen (secondary N) is 2. The SMILES string of the molecule is CC.CC.CN(C)CC1CNC(=O)c2cnn3ccc(nc23)NCc2cc(F)ccc2O1. The number of fused-ring (bicyclic) bond motifs is 2. The molecule has 0 radical (unpaired) electrons. The van der Waals surface area contributed by atoms with E-state index in [2.05, 4.69) is 20.7 Å². The zero-order chi connectivity index (χ0) is 23.7. The van der Waals surface area contributed by atoms with Crippen LogP contribution in [0.15, 0.2) is 36.7 Å². The molecule has 32 heavy (non-hydrogen) atoms. The summed E-state index contributed by atoms with van der Waals surface area (Å²) in [5.74, 6) is 0.512. The van der Waals surface area contributed by atoms with E-state index in [1.165, 1.54) is 18.3 Å². The first kappa shape index (κ1) is 25.1. The second kappa shape index (κ2) is 12.0. The molecule has 1 atom stereocenters. The summed E-state index contributed by atoms with van der Waals surface area (Å²) in [7, 11) is 3.85. The fourth-order valence-electron chi connectivity index (χ4n) is 3.15. The van der Waals surface area contributed by atoms with Crippen molar-refractivity contribution in [1.29, 1.82) is 0 Å². The summed E-state index contributed by atoms with van der Waals surface area (Å²) in [4.78, 5) is 19.1. The Balaban J connectivity index is 0.000000860. The van der Waals surface area contributed by atoms with E-state index in [9.17, 15) is 9.18 Å². The summed E-state index contributed by atoms with van der Waals surface area (Å²) in [6, 6.07) is 6.17. The van der Waals surface area contributed by atoms with E-state index in [1.54, 1.807) is 22.8 Å². The lowest BCUT2D eigenvalue weighted by Crippen LogP contribution is -2.41. The van der Waals surface area contributed by atoms with Gasteiger partial charge in [-0.05, 0) is 38.4 Å². The van der Waals surface area contributed by atoms with E-state index in [4.69, 9.17) is 4.74 Å². The third kappa shape index (κ3) is 6.16. The van der Waals surface area contributed by atoms with Gasteiger partial charge in [0.1, 0.15) is 29.1 Å². The van der Waals surface area contributed by atoms with Crippen LogP contribution in [0, 0.1) is 5.82 Å². The molecular formula is C23H33FN6O2. The summed E-state index contributed by atoms with van der Waals surface area (Å²) >= 11 is 0. The van der Waals surface area contributed by atoms with Gasteiger partial charge in [-0.2, -0.15) is 5.10 Å². The summed E-state index contributed by atoms with van der Waals surface area (Å²) < 4.78 is 21.5. The van der Waals surface area contributed by atoms with Gasteiger partial charge in [0.25, 0.3) is 5.91 Å². The molecule has 2 aromatic heterocycles. The second-order valence-corrected chi connectivity index (χ2v) is 6.96. The Kier molecular flexibility index (Phi) is 9.39. The average Bonchev–Trinajstić information content (AvgIpc) is 3.22. The second-order valence-electron chi connectivity index (χ2n) is 6.96. The van der Waals surface area contributed by atoms with Crippen molar-refractivity contribution in [1.82, 2.24) is 24.8 Å². The minimum atomic E-state index is -0.340. The molecule has 1 aliphatic rings. The van der Waals surface area contributed by atoms with Crippen LogP contribution in [-0.2, 0) is 6.54 Å². The number of amides is 1. The van der Waals surface area contributed by atoms with Gasteiger partial charge in [-0.3, -0.25) is 4.79 Å². The largest absolute Gasteiger partial charge is 0.487 e. The first-order valence-corrected chi connectivity index (χ1v) is 11.0. The number of halogens is 1. The van der Waals surface area contributed by atoms with Crippen LogP contribution in [0.3, 0.4) is 0 Å². The quantitative estimate of drug-likeness (QED) is 0.629. The zero-order valence-corrected chi connectivity index (χ0v) is 19.6. The van der Waals surface area contributed by atoms with E-state index in [0.717, 1.165) is 0 Å². The van der Waals surface area contributed by atoms with Gasteiger partial charge in [0, 0.05) is 24.8 Å². The zero-order valence-electron chi connectivity index (χ0n) is 19.6. The Morgan fingerprint density at radius 1 is 1.19 bits per heavy atom. The van der Waals surface area contributed by atoms with Crippen LogP contribution in [-0.4, -0.2) is 58.7 Å². The molecule has 1 aromatic carbocycles. The lowest BCUT2D eigenvalue weighted by molar-refractivity contribution is 0.0914. The number of hydrogen-bond acceptors (Lipinski definition) is 6. The molecule has 3 aromatic rings. The Labute approximate surface area is 188 Å². The maximum Gasteiger partial charge on any atom is 0.256 e. The van der Waals surface area contributed by atoms with E-state index >= 15 is 0 Å². The maximum atomic E-state index is 13.8. The summed E-state index contributed by atoms with van der Waals surface area (Å²) in [5, 5.41) is 10.2. The molecule has 4 rings (SSSR count). The number of nitrogens with zero attached hydrogens (tertiary/aromatic N) is 4. The van der Waals surface area contributed by atoms with Crippen molar-refractivity contribution in [2.24, 2.45) is 0 Å². The average molecular weight is 445 g/mol. The molecule has 1 amide bonds. The highest BCUT2D eigenvalue weighted by Crippen LogP contribution is 2.23. The van der Waals surface area contributed by atoms with E-state index < -0.39 is 0 Å². The molecule has 0 spiro atoms. The van der Waals surface area contributed by atoms with Crippen molar-refractivity contribution < 1.29 is 13.9 Å². The Morgan fingerprint density at radius 2 is 1.94 bits per heavy atom. The first-order valence-electron chi connectivity index (χ1n) is 11.0. The fraction of sp³-hybridized carbons (Fsp3) is 0.435. The molecule has 0 saturated carbocycles. The van der Waals surface area contributed by atoms with Gasteiger partial charge in [0.2, 0.25) is 0 Å². The van der Waals surface area contributed by atoms with Crippen molar-refractivity contribution in [3.8, 4) is 5.75 Å². The Bertz CT molecular complexity index is 1020. The lowest BCUT2D eigenvalue weighted by Gasteiger charge is -2.24. The number of benzene rings is 1. The fourth-order valence-corrected chi connectivity index (χ4v) is 3.15. The predicted molar refractivity (Wildman–Crippen MR) is 125 cm³/mol. The van der Waals surface area contributed by atoms with Crippen molar-refractivity contribution in [3.63, 3.8) is 0 Å². The van der Waals surface area contributed by atoms with Crippen molar-refractivity contribution in [2.45, 2.75) is 40.3 Å². The molecule has 0 aliphatic carbocycles. The smallest absolute Gasteiger partial charge is 0.256 e. The van der Waals surface area contributed by atoms with Gasteiger partial charge in [-0.25, -0.2) is 13.9 Å². The standard InChI is InChI=1S/C19H21FN6O2.2C2H6/c1-25(2)11-14-9-22-19(27)15-10-23-26-6-5-17(24-18(15)26)21-8-12-7-13(20)3-4-16(12)28-14;2*1-2/h3-7,10,14H,8-9,11H2,1-2H3,(H,21,24)(H,22,27);2*1-2H3. The number of aromatic nitrogens is 3. The van der Waals surface area contributed by atoms with Crippen molar-refractivity contribution >= 4 is 17.4 Å². The highest BCUT2D eigenvalue weighted by Gasteiger charge is 2.20. The molecule has 2 N–H and O–H groups in total. The van der Waals surface area contributed by atoms with Crippen LogP contribution in [0.25, 0.3) is 5.65 Å². The lowest BCUT2D eigenvalue weighted by atomic mass is 10.2. The van der Waals surface area contributed by atoms with Gasteiger partial charge in [-0.15, -0.1) is 0 Å². The number of hydrogen-bond donors (Lipinski definition) is 2. The number of likely N-dealkylation sites (N-methyl/N-ethyl adjacent to an activating group) is 1. The Hall–Kier alpha value is -3.20.